The minimum absolute atomic E-state index is 0.268. The van der Waals surface area contributed by atoms with Gasteiger partial charge in [-0.05, 0) is 24.2 Å². The second kappa shape index (κ2) is 2.86. The van der Waals surface area contributed by atoms with Crippen molar-refractivity contribution in [2.75, 3.05) is 0 Å². The molecular weight excluding hydrogens is 148 g/mol. The first-order valence-electron chi connectivity index (χ1n) is 4.93. The maximum Gasteiger partial charge on any atom is 0.132 e. The molecule has 1 fully saturated rings. The number of ketones is 1. The van der Waals surface area contributed by atoms with Crippen LogP contribution in [0.1, 0.15) is 41.0 Å². The summed E-state index contributed by atoms with van der Waals surface area (Å²) < 4.78 is 0. The third-order valence-corrected chi connectivity index (χ3v) is 3.76. The van der Waals surface area contributed by atoms with Gasteiger partial charge in [-0.3, -0.25) is 4.79 Å². The lowest BCUT2D eigenvalue weighted by molar-refractivity contribution is -0.121. The molecule has 3 atom stereocenters. The molecular formula is C11H20O. The summed E-state index contributed by atoms with van der Waals surface area (Å²) in [6, 6.07) is 0. The van der Waals surface area contributed by atoms with Crippen molar-refractivity contribution in [3.63, 3.8) is 0 Å². The van der Waals surface area contributed by atoms with Gasteiger partial charge in [0.15, 0.2) is 0 Å². The van der Waals surface area contributed by atoms with E-state index in [1.807, 2.05) is 0 Å². The van der Waals surface area contributed by atoms with Gasteiger partial charge >= 0.3 is 0 Å². The van der Waals surface area contributed by atoms with Crippen molar-refractivity contribution in [1.29, 1.82) is 0 Å². The van der Waals surface area contributed by atoms with Crippen molar-refractivity contribution >= 4 is 5.78 Å². The van der Waals surface area contributed by atoms with E-state index < -0.39 is 0 Å². The Morgan fingerprint density at radius 3 is 2.25 bits per heavy atom. The minimum atomic E-state index is 0.268. The third-order valence-electron chi connectivity index (χ3n) is 3.76. The molecule has 0 amide bonds. The number of carbonyl (C=O) groups excluding carboxylic acids is 1. The van der Waals surface area contributed by atoms with Crippen LogP contribution in [0.4, 0.5) is 0 Å². The van der Waals surface area contributed by atoms with E-state index >= 15 is 0 Å². The summed E-state index contributed by atoms with van der Waals surface area (Å²) in [5.41, 5.74) is 0.417. The highest BCUT2D eigenvalue weighted by Crippen LogP contribution is 2.63. The molecule has 0 aliphatic heterocycles. The minimum Gasteiger partial charge on any atom is -0.300 e. The fourth-order valence-electron chi connectivity index (χ4n) is 2.81. The lowest BCUT2D eigenvalue weighted by Crippen LogP contribution is -2.11. The zero-order valence-corrected chi connectivity index (χ0v) is 8.85. The normalized spacial score (nSPS) is 34.4. The Morgan fingerprint density at radius 2 is 2.00 bits per heavy atom. The van der Waals surface area contributed by atoms with E-state index in [2.05, 4.69) is 27.7 Å². The highest BCUT2D eigenvalue weighted by Gasteiger charge is 2.58. The molecule has 0 heterocycles. The van der Waals surface area contributed by atoms with Crippen LogP contribution in [0.5, 0.6) is 0 Å². The molecule has 0 spiro atoms. The molecule has 0 bridgehead atoms. The molecule has 1 aliphatic rings. The Labute approximate surface area is 75.5 Å². The SMILES string of the molecule is CC[C@H]1[C@@H]([C@H](C)C(C)=O)C1(C)C. The second-order valence-corrected chi connectivity index (χ2v) is 4.76. The highest BCUT2D eigenvalue weighted by atomic mass is 16.1. The average Bonchev–Trinajstić information content (AvgIpc) is 2.50. The summed E-state index contributed by atoms with van der Waals surface area (Å²) in [6.45, 7) is 10.6. The van der Waals surface area contributed by atoms with Crippen molar-refractivity contribution in [3.05, 3.63) is 0 Å². The second-order valence-electron chi connectivity index (χ2n) is 4.76. The van der Waals surface area contributed by atoms with E-state index in [1.54, 1.807) is 6.92 Å². The molecule has 0 saturated heterocycles. The monoisotopic (exact) mass is 168 g/mol. The molecule has 1 aliphatic carbocycles. The van der Waals surface area contributed by atoms with Crippen LogP contribution in [0.15, 0.2) is 0 Å². The van der Waals surface area contributed by atoms with Crippen LogP contribution in [-0.4, -0.2) is 5.78 Å². The van der Waals surface area contributed by atoms with Gasteiger partial charge in [-0.2, -0.15) is 0 Å². The van der Waals surface area contributed by atoms with Gasteiger partial charge in [-0.1, -0.05) is 34.1 Å². The number of hydrogen-bond donors (Lipinski definition) is 0. The predicted molar refractivity (Wildman–Crippen MR) is 50.9 cm³/mol. The first-order chi connectivity index (χ1) is 5.42. The summed E-state index contributed by atoms with van der Waals surface area (Å²) in [5, 5.41) is 0. The van der Waals surface area contributed by atoms with Crippen LogP contribution in [-0.2, 0) is 4.79 Å². The molecule has 0 radical (unpaired) electrons. The van der Waals surface area contributed by atoms with E-state index in [0.717, 1.165) is 5.92 Å². The lowest BCUT2D eigenvalue weighted by atomic mass is 9.96. The van der Waals surface area contributed by atoms with Crippen molar-refractivity contribution in [1.82, 2.24) is 0 Å². The molecule has 0 aromatic heterocycles. The largest absolute Gasteiger partial charge is 0.300 e. The highest BCUT2D eigenvalue weighted by molar-refractivity contribution is 5.78. The molecule has 1 saturated carbocycles. The van der Waals surface area contributed by atoms with Gasteiger partial charge in [-0.15, -0.1) is 0 Å². The molecule has 0 aromatic carbocycles. The number of carbonyl (C=O) groups is 1. The van der Waals surface area contributed by atoms with Gasteiger partial charge in [0.25, 0.3) is 0 Å². The Bertz CT molecular complexity index is 193. The summed E-state index contributed by atoms with van der Waals surface area (Å²) in [6.07, 6.45) is 1.22. The maximum atomic E-state index is 11.2. The van der Waals surface area contributed by atoms with Crippen molar-refractivity contribution < 1.29 is 4.79 Å². The summed E-state index contributed by atoms with van der Waals surface area (Å²) in [4.78, 5) is 11.2. The molecule has 1 rings (SSSR count). The van der Waals surface area contributed by atoms with Gasteiger partial charge < -0.3 is 0 Å². The van der Waals surface area contributed by atoms with Crippen molar-refractivity contribution in [2.24, 2.45) is 23.2 Å². The Kier molecular flexibility index (Phi) is 2.33. The van der Waals surface area contributed by atoms with Crippen molar-refractivity contribution in [2.45, 2.75) is 41.0 Å². The summed E-state index contributed by atoms with van der Waals surface area (Å²) >= 11 is 0. The van der Waals surface area contributed by atoms with Gasteiger partial charge in [0.1, 0.15) is 5.78 Å². The van der Waals surface area contributed by atoms with Crippen LogP contribution in [0, 0.1) is 23.2 Å². The Hall–Kier alpha value is -0.330. The van der Waals surface area contributed by atoms with Crippen LogP contribution in [0.2, 0.25) is 0 Å². The molecule has 1 nitrogen and oxygen atoms in total. The molecule has 1 heteroatoms. The maximum absolute atomic E-state index is 11.2. The van der Waals surface area contributed by atoms with E-state index in [1.165, 1.54) is 6.42 Å². The van der Waals surface area contributed by atoms with Crippen molar-refractivity contribution in [3.8, 4) is 0 Å². The van der Waals surface area contributed by atoms with E-state index in [0.29, 0.717) is 17.1 Å². The smallest absolute Gasteiger partial charge is 0.132 e. The standard InChI is InChI=1S/C11H20O/c1-6-9-10(11(9,4)5)7(2)8(3)12/h7,9-10H,6H2,1-5H3/t7-,9+,10-/m1/s1. The zero-order chi connectivity index (χ0) is 9.52. The van der Waals surface area contributed by atoms with E-state index in [9.17, 15) is 4.79 Å². The molecule has 0 aromatic rings. The van der Waals surface area contributed by atoms with Crippen LogP contribution in [0.25, 0.3) is 0 Å². The van der Waals surface area contributed by atoms with Crippen LogP contribution in [0.3, 0.4) is 0 Å². The summed E-state index contributed by atoms with van der Waals surface area (Å²) in [5.74, 6) is 2.03. The third kappa shape index (κ3) is 1.30. The number of rotatable bonds is 3. The first kappa shape index (κ1) is 9.76. The predicted octanol–water partition coefficient (Wildman–Crippen LogP) is 2.89. The van der Waals surface area contributed by atoms with Crippen LogP contribution >= 0.6 is 0 Å². The molecule has 12 heavy (non-hydrogen) atoms. The molecule has 0 N–H and O–H groups in total. The van der Waals surface area contributed by atoms with Gasteiger partial charge in [-0.25, -0.2) is 0 Å². The Morgan fingerprint density at radius 1 is 1.50 bits per heavy atom. The fourth-order valence-corrected chi connectivity index (χ4v) is 2.81. The average molecular weight is 168 g/mol. The van der Waals surface area contributed by atoms with E-state index in [-0.39, 0.29) is 5.92 Å². The van der Waals surface area contributed by atoms with Gasteiger partial charge in [0.2, 0.25) is 0 Å². The molecule has 70 valence electrons. The van der Waals surface area contributed by atoms with Gasteiger partial charge in [0, 0.05) is 5.92 Å². The number of hydrogen-bond acceptors (Lipinski definition) is 1. The lowest BCUT2D eigenvalue weighted by Gasteiger charge is -2.08. The molecule has 0 unspecified atom stereocenters. The van der Waals surface area contributed by atoms with E-state index in [4.69, 9.17) is 0 Å². The fraction of sp³-hybridized carbons (Fsp3) is 0.909. The quantitative estimate of drug-likeness (QED) is 0.633. The topological polar surface area (TPSA) is 17.1 Å². The first-order valence-corrected chi connectivity index (χ1v) is 4.93. The van der Waals surface area contributed by atoms with Crippen LogP contribution < -0.4 is 0 Å². The zero-order valence-electron chi connectivity index (χ0n) is 8.85. The Balaban J connectivity index is 2.63. The number of Topliss-reactive ketones (excluding diaryl/α,β-unsaturated/α-hetero) is 1. The summed E-state index contributed by atoms with van der Waals surface area (Å²) in [7, 11) is 0. The van der Waals surface area contributed by atoms with Gasteiger partial charge in [0.05, 0.1) is 0 Å².